The number of hydrogen-bond donors (Lipinski definition) is 0. The van der Waals surface area contributed by atoms with Crippen LogP contribution in [0, 0.1) is 0 Å². The Morgan fingerprint density at radius 1 is 0.351 bits per heavy atom. The smallest absolute Gasteiger partial charge is 0.101 e. The summed E-state index contributed by atoms with van der Waals surface area (Å²) in [4.78, 5) is 5.36. The normalized spacial score (nSPS) is 15.4. The Kier molecular flexibility index (Phi) is 25.0. The molecule has 0 radical (unpaired) electrons. The van der Waals surface area contributed by atoms with E-state index in [1.807, 2.05) is 0 Å². The summed E-state index contributed by atoms with van der Waals surface area (Å²) in [6.45, 7) is 9.46. The minimum Gasteiger partial charge on any atom is -0.356 e. The van der Waals surface area contributed by atoms with Crippen LogP contribution in [0.1, 0.15) is 194 Å². The molecule has 0 aromatic carbocycles. The largest absolute Gasteiger partial charge is 0.356 e. The van der Waals surface area contributed by atoms with Gasteiger partial charge in [-0.05, 0) is 25.7 Å². The molecule has 37 heavy (non-hydrogen) atoms. The van der Waals surface area contributed by atoms with E-state index in [1.165, 1.54) is 186 Å². The van der Waals surface area contributed by atoms with Gasteiger partial charge in [0.1, 0.15) is 6.17 Å². The first-order valence-electron chi connectivity index (χ1n) is 17.5. The van der Waals surface area contributed by atoms with Crippen LogP contribution < -0.4 is 0 Å². The summed E-state index contributed by atoms with van der Waals surface area (Å²) in [5.41, 5.74) is 0. The average Bonchev–Trinajstić information content (AvgIpc) is 3.29. The third-order valence-electron chi connectivity index (χ3n) is 8.57. The van der Waals surface area contributed by atoms with Gasteiger partial charge in [0, 0.05) is 25.5 Å². The van der Waals surface area contributed by atoms with Crippen LogP contribution in [-0.2, 0) is 0 Å². The Morgan fingerprint density at radius 3 is 1.00 bits per heavy atom. The van der Waals surface area contributed by atoms with Crippen LogP contribution in [-0.4, -0.2) is 29.1 Å². The average molecular weight is 519 g/mol. The van der Waals surface area contributed by atoms with E-state index in [1.54, 1.807) is 0 Å². The monoisotopic (exact) mass is 519 g/mol. The van der Waals surface area contributed by atoms with Gasteiger partial charge in [0.05, 0.1) is 0 Å². The molecule has 0 saturated carbocycles. The highest BCUT2D eigenvalue weighted by Crippen LogP contribution is 2.24. The molecule has 220 valence electrons. The molecule has 0 aliphatic carbocycles. The van der Waals surface area contributed by atoms with Crippen molar-refractivity contribution >= 4 is 0 Å². The van der Waals surface area contributed by atoms with Crippen molar-refractivity contribution in [2.45, 2.75) is 200 Å². The van der Waals surface area contributed by atoms with Gasteiger partial charge in [-0.25, -0.2) is 0 Å². The predicted molar refractivity (Wildman–Crippen MR) is 168 cm³/mol. The van der Waals surface area contributed by atoms with Gasteiger partial charge in [-0.3, -0.25) is 0 Å². The number of rotatable bonds is 29. The highest BCUT2D eigenvalue weighted by atomic mass is 15.4. The lowest BCUT2D eigenvalue weighted by atomic mass is 10.0. The fourth-order valence-electron chi connectivity index (χ4n) is 6.01. The van der Waals surface area contributed by atoms with E-state index in [0.717, 1.165) is 0 Å². The molecule has 0 spiro atoms. The zero-order chi connectivity index (χ0) is 26.7. The maximum absolute atomic E-state index is 2.69. The van der Waals surface area contributed by atoms with E-state index in [-0.39, 0.29) is 0 Å². The van der Waals surface area contributed by atoms with Crippen molar-refractivity contribution in [3.05, 3.63) is 12.4 Å². The van der Waals surface area contributed by atoms with Gasteiger partial charge >= 0.3 is 0 Å². The van der Waals surface area contributed by atoms with Crippen molar-refractivity contribution in [2.75, 3.05) is 13.1 Å². The summed E-state index contributed by atoms with van der Waals surface area (Å²) in [5.74, 6) is 0. The van der Waals surface area contributed by atoms with Gasteiger partial charge in [0.25, 0.3) is 0 Å². The summed E-state index contributed by atoms with van der Waals surface area (Å²) in [7, 11) is 0. The molecular weight excluding hydrogens is 448 g/mol. The fraction of sp³-hybridized carbons (Fsp3) is 0.943. The quantitative estimate of drug-likeness (QED) is 0.0908. The molecule has 0 aromatic rings. The van der Waals surface area contributed by atoms with Crippen LogP contribution in [0.3, 0.4) is 0 Å². The summed E-state index contributed by atoms with van der Waals surface area (Å²) < 4.78 is 0. The second-order valence-electron chi connectivity index (χ2n) is 12.2. The van der Waals surface area contributed by atoms with Crippen LogP contribution in [0.4, 0.5) is 0 Å². The van der Waals surface area contributed by atoms with Gasteiger partial charge in [-0.1, -0.05) is 168 Å². The van der Waals surface area contributed by atoms with Crippen molar-refractivity contribution in [1.29, 1.82) is 0 Å². The Balaban J connectivity index is 2.11. The molecule has 1 aliphatic heterocycles. The van der Waals surface area contributed by atoms with Gasteiger partial charge in [0.15, 0.2) is 0 Å². The minimum atomic E-state index is 0.642. The molecule has 2 nitrogen and oxygen atoms in total. The third-order valence-corrected chi connectivity index (χ3v) is 8.57. The van der Waals surface area contributed by atoms with E-state index in [2.05, 4.69) is 43.0 Å². The van der Waals surface area contributed by atoms with E-state index >= 15 is 0 Å². The van der Waals surface area contributed by atoms with Crippen LogP contribution in [0.25, 0.3) is 0 Å². The highest BCUT2D eigenvalue weighted by molar-refractivity contribution is 4.97. The lowest BCUT2D eigenvalue weighted by molar-refractivity contribution is 0.135. The van der Waals surface area contributed by atoms with Gasteiger partial charge in [-0.2, -0.15) is 0 Å². The zero-order valence-electron chi connectivity index (χ0n) is 26.1. The molecule has 0 aromatic heterocycles. The number of hydrogen-bond acceptors (Lipinski definition) is 2. The molecule has 1 atom stereocenters. The molecule has 0 saturated heterocycles. The third kappa shape index (κ3) is 20.0. The Bertz CT molecular complexity index is 474. The highest BCUT2D eigenvalue weighted by Gasteiger charge is 2.24. The first kappa shape index (κ1) is 34.4. The molecule has 0 bridgehead atoms. The van der Waals surface area contributed by atoms with Crippen LogP contribution in [0.2, 0.25) is 0 Å². The molecule has 1 unspecified atom stereocenters. The molecule has 0 N–H and O–H groups in total. The second kappa shape index (κ2) is 26.9. The standard InChI is InChI=1S/C35H70N2/c1-4-7-10-12-14-16-17-18-19-20-21-23-25-27-30-35-36(31-28-9-6-3)33-34-37(35)32-29-26-24-22-15-13-11-8-5-2/h33-35H,4-32H2,1-3H3. The molecule has 2 heteroatoms. The van der Waals surface area contributed by atoms with E-state index in [0.29, 0.717) is 6.17 Å². The van der Waals surface area contributed by atoms with Crippen molar-refractivity contribution < 1.29 is 0 Å². The first-order valence-corrected chi connectivity index (χ1v) is 17.5. The second-order valence-corrected chi connectivity index (χ2v) is 12.2. The van der Waals surface area contributed by atoms with Gasteiger partial charge in [-0.15, -0.1) is 0 Å². The topological polar surface area (TPSA) is 6.48 Å². The fourth-order valence-corrected chi connectivity index (χ4v) is 6.01. The molecule has 1 aliphatic rings. The summed E-state index contributed by atoms with van der Waals surface area (Å²) in [6.07, 6.45) is 44.0. The lowest BCUT2D eigenvalue weighted by Crippen LogP contribution is -2.39. The van der Waals surface area contributed by atoms with Crippen molar-refractivity contribution in [3.63, 3.8) is 0 Å². The van der Waals surface area contributed by atoms with Crippen LogP contribution in [0.15, 0.2) is 12.4 Å². The molecule has 1 rings (SSSR count). The lowest BCUT2D eigenvalue weighted by Gasteiger charge is -2.33. The van der Waals surface area contributed by atoms with Crippen LogP contribution in [0.5, 0.6) is 0 Å². The maximum atomic E-state index is 2.69. The maximum Gasteiger partial charge on any atom is 0.101 e. The number of nitrogens with zero attached hydrogens (tertiary/aromatic N) is 2. The van der Waals surface area contributed by atoms with E-state index < -0.39 is 0 Å². The Hall–Kier alpha value is -0.660. The van der Waals surface area contributed by atoms with Crippen molar-refractivity contribution in [1.82, 2.24) is 9.80 Å². The minimum absolute atomic E-state index is 0.642. The van der Waals surface area contributed by atoms with Crippen molar-refractivity contribution in [2.24, 2.45) is 0 Å². The van der Waals surface area contributed by atoms with Gasteiger partial charge < -0.3 is 9.80 Å². The zero-order valence-corrected chi connectivity index (χ0v) is 26.1. The number of unbranched alkanes of at least 4 members (excludes halogenated alkanes) is 23. The molecular formula is C35H70N2. The summed E-state index contributed by atoms with van der Waals surface area (Å²) in [6, 6.07) is 0. The molecule has 0 amide bonds. The Morgan fingerprint density at radius 2 is 0.622 bits per heavy atom. The first-order chi connectivity index (χ1) is 18.3. The summed E-state index contributed by atoms with van der Waals surface area (Å²) >= 11 is 0. The van der Waals surface area contributed by atoms with Gasteiger partial charge in [0.2, 0.25) is 0 Å². The SMILES string of the molecule is CCCCCCCCCCCCCCCCC1N(CCCCC)C=CN1CCCCCCCCCCC. The molecule has 0 fully saturated rings. The van der Waals surface area contributed by atoms with E-state index in [9.17, 15) is 0 Å². The molecule has 1 heterocycles. The van der Waals surface area contributed by atoms with Crippen molar-refractivity contribution in [3.8, 4) is 0 Å². The van der Waals surface area contributed by atoms with E-state index in [4.69, 9.17) is 0 Å². The predicted octanol–water partition coefficient (Wildman–Crippen LogP) is 12.0. The Labute approximate surface area is 235 Å². The van der Waals surface area contributed by atoms with Crippen LogP contribution >= 0.6 is 0 Å². The summed E-state index contributed by atoms with van der Waals surface area (Å²) in [5, 5.41) is 0.